The van der Waals surface area contributed by atoms with Crippen molar-refractivity contribution in [3.63, 3.8) is 0 Å². The summed E-state index contributed by atoms with van der Waals surface area (Å²) in [6.45, 7) is 2.19. The lowest BCUT2D eigenvalue weighted by molar-refractivity contribution is -0.120. The van der Waals surface area contributed by atoms with Crippen LogP contribution in [0.5, 0.6) is 5.75 Å². The number of benzene rings is 2. The fourth-order valence-corrected chi connectivity index (χ4v) is 5.67. The number of halogens is 2. The van der Waals surface area contributed by atoms with Crippen LogP contribution in [-0.4, -0.2) is 44.3 Å². The Hall–Kier alpha value is -2.39. The van der Waals surface area contributed by atoms with Gasteiger partial charge in [-0.2, -0.15) is 0 Å². The average Bonchev–Trinajstić information content (AvgIpc) is 2.83. The van der Waals surface area contributed by atoms with Crippen molar-refractivity contribution in [1.29, 1.82) is 0 Å². The summed E-state index contributed by atoms with van der Waals surface area (Å²) in [6.07, 6.45) is 2.48. The number of aryl methyl sites for hydroxylation is 1. The van der Waals surface area contributed by atoms with Crippen molar-refractivity contribution in [3.8, 4) is 5.75 Å². The molecule has 2 aromatic carbocycles. The standard InChI is InChI=1S/C25H29Cl2N3O4S/c1-17-11-12-18-8-7-9-21(25(18)29-17)34-16-19-20(26)13-14-22(24(19)27)35(32,33)30(3)15-6-4-5-10-23(31)28-2/h7-9,11-14H,4-6,10,15-16H2,1-3H3,(H,28,31). The second kappa shape index (κ2) is 12.0. The highest BCUT2D eigenvalue weighted by Crippen LogP contribution is 2.34. The molecule has 0 radical (unpaired) electrons. The van der Waals surface area contributed by atoms with E-state index in [0.29, 0.717) is 47.7 Å². The molecule has 0 spiro atoms. The molecular formula is C25H29Cl2N3O4S. The number of sulfonamides is 1. The normalized spacial score (nSPS) is 11.7. The molecule has 188 valence electrons. The number of pyridine rings is 1. The number of hydrogen-bond acceptors (Lipinski definition) is 5. The smallest absolute Gasteiger partial charge is 0.244 e. The first-order chi connectivity index (χ1) is 16.6. The molecule has 0 saturated heterocycles. The molecule has 0 saturated carbocycles. The lowest BCUT2D eigenvalue weighted by atomic mass is 10.2. The fourth-order valence-electron chi connectivity index (χ4n) is 3.60. The molecular weight excluding hydrogens is 509 g/mol. The zero-order valence-electron chi connectivity index (χ0n) is 20.0. The molecule has 0 aliphatic heterocycles. The Kier molecular flexibility index (Phi) is 9.35. The summed E-state index contributed by atoms with van der Waals surface area (Å²) in [5.41, 5.74) is 1.95. The number of carbonyl (C=O) groups excluding carboxylic acids is 1. The van der Waals surface area contributed by atoms with Gasteiger partial charge < -0.3 is 10.1 Å². The van der Waals surface area contributed by atoms with Crippen molar-refractivity contribution in [2.45, 2.75) is 44.1 Å². The number of nitrogens with one attached hydrogen (secondary N) is 1. The van der Waals surface area contributed by atoms with Crippen molar-refractivity contribution in [2.75, 3.05) is 20.6 Å². The molecule has 35 heavy (non-hydrogen) atoms. The van der Waals surface area contributed by atoms with Gasteiger partial charge >= 0.3 is 0 Å². The quantitative estimate of drug-likeness (QED) is 0.332. The van der Waals surface area contributed by atoms with Gasteiger partial charge in [-0.15, -0.1) is 0 Å². The Labute approximate surface area is 216 Å². The lowest BCUT2D eigenvalue weighted by Crippen LogP contribution is -2.28. The predicted molar refractivity (Wildman–Crippen MR) is 140 cm³/mol. The third-order valence-electron chi connectivity index (χ3n) is 5.69. The van der Waals surface area contributed by atoms with E-state index in [9.17, 15) is 13.2 Å². The van der Waals surface area contributed by atoms with Gasteiger partial charge in [-0.25, -0.2) is 17.7 Å². The molecule has 3 rings (SSSR count). The molecule has 0 atom stereocenters. The first-order valence-corrected chi connectivity index (χ1v) is 13.5. The van der Waals surface area contributed by atoms with E-state index in [1.54, 1.807) is 13.1 Å². The van der Waals surface area contributed by atoms with E-state index in [0.717, 1.165) is 17.5 Å². The Bertz CT molecular complexity index is 1320. The monoisotopic (exact) mass is 537 g/mol. The van der Waals surface area contributed by atoms with E-state index in [1.807, 2.05) is 31.2 Å². The lowest BCUT2D eigenvalue weighted by Gasteiger charge is -2.20. The zero-order chi connectivity index (χ0) is 25.6. The third kappa shape index (κ3) is 6.64. The van der Waals surface area contributed by atoms with Crippen LogP contribution in [0.3, 0.4) is 0 Å². The van der Waals surface area contributed by atoms with Gasteiger partial charge in [-0.3, -0.25) is 4.79 Å². The minimum atomic E-state index is -3.84. The maximum atomic E-state index is 13.2. The summed E-state index contributed by atoms with van der Waals surface area (Å²) in [5.74, 6) is 0.531. The number of ether oxygens (including phenoxy) is 1. The summed E-state index contributed by atoms with van der Waals surface area (Å²) < 4.78 is 33.7. The molecule has 1 aromatic heterocycles. The minimum absolute atomic E-state index is 0.0149. The van der Waals surface area contributed by atoms with E-state index in [4.69, 9.17) is 27.9 Å². The Morgan fingerprint density at radius 1 is 1.09 bits per heavy atom. The van der Waals surface area contributed by atoms with E-state index < -0.39 is 10.0 Å². The van der Waals surface area contributed by atoms with Gasteiger partial charge in [-0.1, -0.05) is 47.8 Å². The van der Waals surface area contributed by atoms with Crippen LogP contribution >= 0.6 is 23.2 Å². The fraction of sp³-hybridized carbons (Fsp3) is 0.360. The number of unbranched alkanes of at least 4 members (excludes halogenated alkanes) is 2. The van der Waals surface area contributed by atoms with Crippen LogP contribution in [0.25, 0.3) is 10.9 Å². The number of amides is 1. The molecule has 0 aliphatic rings. The van der Waals surface area contributed by atoms with E-state index in [1.165, 1.54) is 23.5 Å². The molecule has 0 unspecified atom stereocenters. The Balaban J connectivity index is 1.74. The van der Waals surface area contributed by atoms with Gasteiger partial charge in [0.2, 0.25) is 15.9 Å². The van der Waals surface area contributed by atoms with Gasteiger partial charge in [0.1, 0.15) is 22.8 Å². The molecule has 0 bridgehead atoms. The largest absolute Gasteiger partial charge is 0.487 e. The molecule has 1 N–H and O–H groups in total. The van der Waals surface area contributed by atoms with Crippen LogP contribution in [0.1, 0.15) is 36.9 Å². The summed E-state index contributed by atoms with van der Waals surface area (Å²) in [7, 11) is -0.737. The van der Waals surface area contributed by atoms with Crippen LogP contribution in [0.15, 0.2) is 47.4 Å². The molecule has 1 heterocycles. The van der Waals surface area contributed by atoms with E-state index in [2.05, 4.69) is 10.3 Å². The number of carbonyl (C=O) groups is 1. The van der Waals surface area contributed by atoms with Gasteiger partial charge in [0.05, 0.1) is 5.02 Å². The highest BCUT2D eigenvalue weighted by atomic mass is 35.5. The van der Waals surface area contributed by atoms with Crippen molar-refractivity contribution < 1.29 is 17.9 Å². The number of hydrogen-bond donors (Lipinski definition) is 1. The zero-order valence-corrected chi connectivity index (χ0v) is 22.3. The van der Waals surface area contributed by atoms with Crippen LogP contribution in [0.2, 0.25) is 10.0 Å². The summed E-state index contributed by atoms with van der Waals surface area (Å²) in [4.78, 5) is 15.8. The van der Waals surface area contributed by atoms with Gasteiger partial charge in [0.15, 0.2) is 0 Å². The number of fused-ring (bicyclic) bond motifs is 1. The highest BCUT2D eigenvalue weighted by molar-refractivity contribution is 7.89. The van der Waals surface area contributed by atoms with E-state index in [-0.39, 0.29) is 22.4 Å². The number of aromatic nitrogens is 1. The second-order valence-electron chi connectivity index (χ2n) is 8.22. The summed E-state index contributed by atoms with van der Waals surface area (Å²) >= 11 is 12.9. The summed E-state index contributed by atoms with van der Waals surface area (Å²) in [6, 6.07) is 12.4. The van der Waals surface area contributed by atoms with Crippen LogP contribution < -0.4 is 10.1 Å². The first kappa shape index (κ1) is 27.2. The molecule has 1 amide bonds. The number of para-hydroxylation sites is 1. The van der Waals surface area contributed by atoms with Crippen molar-refractivity contribution in [2.24, 2.45) is 0 Å². The molecule has 0 aliphatic carbocycles. The van der Waals surface area contributed by atoms with Crippen molar-refractivity contribution in [1.82, 2.24) is 14.6 Å². The maximum absolute atomic E-state index is 13.2. The van der Waals surface area contributed by atoms with Crippen molar-refractivity contribution in [3.05, 3.63) is 63.8 Å². The number of rotatable bonds is 11. The number of nitrogens with zero attached hydrogens (tertiary/aromatic N) is 2. The van der Waals surface area contributed by atoms with Crippen LogP contribution in [0, 0.1) is 6.92 Å². The Morgan fingerprint density at radius 3 is 2.60 bits per heavy atom. The second-order valence-corrected chi connectivity index (χ2v) is 11.0. The molecule has 10 heteroatoms. The molecule has 7 nitrogen and oxygen atoms in total. The molecule has 3 aromatic rings. The van der Waals surface area contributed by atoms with E-state index >= 15 is 0 Å². The van der Waals surface area contributed by atoms with Crippen LogP contribution in [0.4, 0.5) is 0 Å². The SMILES string of the molecule is CNC(=O)CCCCCN(C)S(=O)(=O)c1ccc(Cl)c(COc2cccc3ccc(C)nc23)c1Cl. The minimum Gasteiger partial charge on any atom is -0.487 e. The topological polar surface area (TPSA) is 88.6 Å². The summed E-state index contributed by atoms with van der Waals surface area (Å²) in [5, 5.41) is 3.85. The van der Waals surface area contributed by atoms with Gasteiger partial charge in [-0.05, 0) is 44.0 Å². The van der Waals surface area contributed by atoms with Crippen molar-refractivity contribution >= 4 is 50.0 Å². The van der Waals surface area contributed by atoms with Crippen LogP contribution in [-0.2, 0) is 21.4 Å². The Morgan fingerprint density at radius 2 is 1.86 bits per heavy atom. The van der Waals surface area contributed by atoms with Gasteiger partial charge in [0, 0.05) is 48.7 Å². The first-order valence-electron chi connectivity index (χ1n) is 11.3. The highest BCUT2D eigenvalue weighted by Gasteiger charge is 2.26. The third-order valence-corrected chi connectivity index (χ3v) is 8.49. The predicted octanol–water partition coefficient (Wildman–Crippen LogP) is 5.36. The molecule has 0 fully saturated rings. The van der Waals surface area contributed by atoms with Gasteiger partial charge in [0.25, 0.3) is 0 Å². The average molecular weight is 538 g/mol. The maximum Gasteiger partial charge on any atom is 0.244 e.